The fourth-order valence-corrected chi connectivity index (χ4v) is 2.10. The molecule has 0 aliphatic carbocycles. The van der Waals surface area contributed by atoms with E-state index in [1.54, 1.807) is 0 Å². The molecule has 0 unspecified atom stereocenters. The van der Waals surface area contributed by atoms with Crippen LogP contribution < -0.4 is 0 Å². The van der Waals surface area contributed by atoms with Crippen LogP contribution in [0.4, 0.5) is 0 Å². The highest BCUT2D eigenvalue weighted by Crippen LogP contribution is 2.32. The van der Waals surface area contributed by atoms with E-state index in [-0.39, 0.29) is 17.3 Å². The number of phenols is 2. The number of hydrogen-bond acceptors (Lipinski definition) is 4. The quantitative estimate of drug-likeness (QED) is 0.526. The Morgan fingerprint density at radius 2 is 1.74 bits per heavy atom. The van der Waals surface area contributed by atoms with Crippen LogP contribution in [0.5, 0.6) is 11.5 Å². The van der Waals surface area contributed by atoms with Crippen LogP contribution in [-0.4, -0.2) is 20.2 Å². The molecule has 3 aromatic rings. The second-order valence-electron chi connectivity index (χ2n) is 4.06. The van der Waals surface area contributed by atoms with Crippen LogP contribution in [0, 0.1) is 0 Å². The second-order valence-corrected chi connectivity index (χ2v) is 4.41. The molecule has 0 saturated carbocycles. The van der Waals surface area contributed by atoms with Crippen LogP contribution in [0.1, 0.15) is 0 Å². The SMILES string of the molecule is Oc1ccc(O)c(-c2nc(Cl)c3ccccc3n2)c1. The average molecular weight is 273 g/mol. The molecule has 3 rings (SSSR count). The molecule has 1 aromatic heterocycles. The Morgan fingerprint density at radius 3 is 2.58 bits per heavy atom. The summed E-state index contributed by atoms with van der Waals surface area (Å²) in [5, 5.41) is 20.4. The molecule has 0 bridgehead atoms. The minimum absolute atomic E-state index is 0.0100. The number of nitrogens with zero attached hydrogens (tertiary/aromatic N) is 2. The Bertz CT molecular complexity index is 774. The zero-order valence-corrected chi connectivity index (χ0v) is 10.5. The summed E-state index contributed by atoms with van der Waals surface area (Å²) in [6.07, 6.45) is 0. The number of aromatic nitrogens is 2. The summed E-state index contributed by atoms with van der Waals surface area (Å²) in [5.41, 5.74) is 1.02. The molecule has 0 atom stereocenters. The summed E-state index contributed by atoms with van der Waals surface area (Å²) < 4.78 is 0. The fourth-order valence-electron chi connectivity index (χ4n) is 1.86. The zero-order valence-electron chi connectivity index (χ0n) is 9.71. The molecule has 0 saturated heterocycles. The number of para-hydroxylation sites is 1. The molecule has 5 heteroatoms. The molecule has 94 valence electrons. The van der Waals surface area contributed by atoms with E-state index in [1.165, 1.54) is 18.2 Å². The molecule has 1 heterocycles. The number of benzene rings is 2. The molecular weight excluding hydrogens is 264 g/mol. The molecule has 19 heavy (non-hydrogen) atoms. The number of rotatable bonds is 1. The molecule has 0 amide bonds. The fraction of sp³-hybridized carbons (Fsp3) is 0. The van der Waals surface area contributed by atoms with Crippen LogP contribution in [-0.2, 0) is 0 Å². The zero-order chi connectivity index (χ0) is 13.4. The van der Waals surface area contributed by atoms with Gasteiger partial charge < -0.3 is 10.2 Å². The highest BCUT2D eigenvalue weighted by atomic mass is 35.5. The lowest BCUT2D eigenvalue weighted by Crippen LogP contribution is -1.92. The monoisotopic (exact) mass is 272 g/mol. The van der Waals surface area contributed by atoms with Crippen molar-refractivity contribution in [2.75, 3.05) is 0 Å². The first kappa shape index (κ1) is 11.7. The predicted octanol–water partition coefficient (Wildman–Crippen LogP) is 3.36. The van der Waals surface area contributed by atoms with Crippen LogP contribution in [0.25, 0.3) is 22.3 Å². The van der Waals surface area contributed by atoms with Crippen molar-refractivity contribution in [3.63, 3.8) is 0 Å². The molecule has 4 nitrogen and oxygen atoms in total. The van der Waals surface area contributed by atoms with Crippen molar-refractivity contribution in [2.45, 2.75) is 0 Å². The highest BCUT2D eigenvalue weighted by Gasteiger charge is 2.11. The van der Waals surface area contributed by atoms with E-state index in [9.17, 15) is 10.2 Å². The van der Waals surface area contributed by atoms with Gasteiger partial charge in [0.05, 0.1) is 11.1 Å². The van der Waals surface area contributed by atoms with Crippen molar-refractivity contribution in [2.24, 2.45) is 0 Å². The lowest BCUT2D eigenvalue weighted by molar-refractivity contribution is 0.461. The van der Waals surface area contributed by atoms with Gasteiger partial charge in [0.15, 0.2) is 5.82 Å². The Kier molecular flexibility index (Phi) is 2.72. The van der Waals surface area contributed by atoms with Gasteiger partial charge in [0.1, 0.15) is 16.7 Å². The Morgan fingerprint density at radius 1 is 0.947 bits per heavy atom. The van der Waals surface area contributed by atoms with Crippen LogP contribution in [0.2, 0.25) is 5.15 Å². The third-order valence-electron chi connectivity index (χ3n) is 2.78. The van der Waals surface area contributed by atoms with Gasteiger partial charge in [-0.3, -0.25) is 0 Å². The summed E-state index contributed by atoms with van der Waals surface area (Å²) >= 11 is 6.11. The number of phenolic OH excluding ortho intramolecular Hbond substituents is 2. The van der Waals surface area contributed by atoms with Crippen molar-refractivity contribution >= 4 is 22.5 Å². The number of hydrogen-bond donors (Lipinski definition) is 2. The summed E-state index contributed by atoms with van der Waals surface area (Å²) in [4.78, 5) is 8.50. The van der Waals surface area contributed by atoms with Gasteiger partial charge in [0, 0.05) is 5.39 Å². The van der Waals surface area contributed by atoms with E-state index < -0.39 is 0 Å². The highest BCUT2D eigenvalue weighted by molar-refractivity contribution is 6.34. The van der Waals surface area contributed by atoms with Crippen molar-refractivity contribution in [1.82, 2.24) is 9.97 Å². The minimum atomic E-state index is -0.0100. The topological polar surface area (TPSA) is 66.2 Å². The smallest absolute Gasteiger partial charge is 0.165 e. The molecule has 0 aliphatic rings. The molecule has 0 fully saturated rings. The lowest BCUT2D eigenvalue weighted by atomic mass is 10.1. The maximum absolute atomic E-state index is 9.82. The van der Waals surface area contributed by atoms with E-state index in [0.717, 1.165) is 5.39 Å². The van der Waals surface area contributed by atoms with E-state index in [0.29, 0.717) is 16.2 Å². The standard InChI is InChI=1S/C14H9ClN2O2/c15-13-9-3-1-2-4-11(9)16-14(17-13)10-7-8(18)5-6-12(10)19/h1-7,18-19H. The normalized spacial score (nSPS) is 10.8. The van der Waals surface area contributed by atoms with Gasteiger partial charge in [-0.05, 0) is 30.3 Å². The number of aromatic hydroxyl groups is 2. The van der Waals surface area contributed by atoms with Gasteiger partial charge in [-0.2, -0.15) is 0 Å². The molecule has 2 N–H and O–H groups in total. The molecular formula is C14H9ClN2O2. The third-order valence-corrected chi connectivity index (χ3v) is 3.07. The van der Waals surface area contributed by atoms with Gasteiger partial charge in [0.2, 0.25) is 0 Å². The molecule has 0 aliphatic heterocycles. The average Bonchev–Trinajstić information content (AvgIpc) is 2.41. The van der Waals surface area contributed by atoms with E-state index >= 15 is 0 Å². The maximum atomic E-state index is 9.82. The van der Waals surface area contributed by atoms with Gasteiger partial charge in [-0.15, -0.1) is 0 Å². The Labute approximate surface area is 114 Å². The van der Waals surface area contributed by atoms with Crippen molar-refractivity contribution in [1.29, 1.82) is 0 Å². The molecule has 0 radical (unpaired) electrons. The Balaban J connectivity index is 2.28. The maximum Gasteiger partial charge on any atom is 0.165 e. The van der Waals surface area contributed by atoms with Crippen molar-refractivity contribution in [3.8, 4) is 22.9 Å². The van der Waals surface area contributed by atoms with E-state index in [4.69, 9.17) is 11.6 Å². The first-order valence-corrected chi connectivity index (χ1v) is 5.97. The lowest BCUT2D eigenvalue weighted by Gasteiger charge is -2.06. The molecule has 0 spiro atoms. The molecule has 2 aromatic carbocycles. The summed E-state index contributed by atoms with van der Waals surface area (Å²) in [7, 11) is 0. The number of fused-ring (bicyclic) bond motifs is 1. The Hall–Kier alpha value is -2.33. The summed E-state index contributed by atoms with van der Waals surface area (Å²) in [5.74, 6) is 0.293. The first-order chi connectivity index (χ1) is 9.15. The van der Waals surface area contributed by atoms with Gasteiger partial charge >= 0.3 is 0 Å². The summed E-state index contributed by atoms with van der Waals surface area (Å²) in [6, 6.07) is 11.5. The van der Waals surface area contributed by atoms with Crippen molar-refractivity contribution < 1.29 is 10.2 Å². The largest absolute Gasteiger partial charge is 0.508 e. The van der Waals surface area contributed by atoms with Gasteiger partial charge in [0.25, 0.3) is 0 Å². The first-order valence-electron chi connectivity index (χ1n) is 5.60. The van der Waals surface area contributed by atoms with Crippen LogP contribution in [0.15, 0.2) is 42.5 Å². The van der Waals surface area contributed by atoms with Crippen LogP contribution in [0.3, 0.4) is 0 Å². The van der Waals surface area contributed by atoms with Gasteiger partial charge in [-0.1, -0.05) is 23.7 Å². The third kappa shape index (κ3) is 2.06. The minimum Gasteiger partial charge on any atom is -0.508 e. The van der Waals surface area contributed by atoms with Crippen LogP contribution >= 0.6 is 11.6 Å². The predicted molar refractivity (Wildman–Crippen MR) is 73.3 cm³/mol. The van der Waals surface area contributed by atoms with Gasteiger partial charge in [-0.25, -0.2) is 9.97 Å². The van der Waals surface area contributed by atoms with E-state index in [2.05, 4.69) is 9.97 Å². The summed E-state index contributed by atoms with van der Waals surface area (Å²) in [6.45, 7) is 0. The van der Waals surface area contributed by atoms with E-state index in [1.807, 2.05) is 24.3 Å². The van der Waals surface area contributed by atoms with Crippen molar-refractivity contribution in [3.05, 3.63) is 47.6 Å². The number of halogens is 1. The second kappa shape index (κ2) is 4.40.